The summed E-state index contributed by atoms with van der Waals surface area (Å²) < 4.78 is 5.59. The Morgan fingerprint density at radius 3 is 2.18 bits per heavy atom. The van der Waals surface area contributed by atoms with Crippen LogP contribution >= 0.6 is 0 Å². The first-order chi connectivity index (χ1) is 15.8. The van der Waals surface area contributed by atoms with Gasteiger partial charge in [-0.05, 0) is 36.3 Å². The summed E-state index contributed by atoms with van der Waals surface area (Å²) in [6, 6.07) is 15.5. The number of nitrogens with one attached hydrogen (secondary N) is 1. The Morgan fingerprint density at radius 1 is 1.06 bits per heavy atom. The van der Waals surface area contributed by atoms with Crippen LogP contribution in [0.4, 0.5) is 4.79 Å². The number of rotatable bonds is 8. The van der Waals surface area contributed by atoms with E-state index < -0.39 is 18.1 Å². The van der Waals surface area contributed by atoms with Crippen molar-refractivity contribution in [3.63, 3.8) is 0 Å². The molecule has 1 saturated heterocycles. The average molecular weight is 452 g/mol. The molecule has 1 aliphatic heterocycles. The fourth-order valence-corrected chi connectivity index (χ4v) is 4.68. The second-order valence-corrected chi connectivity index (χ2v) is 8.99. The summed E-state index contributed by atoms with van der Waals surface area (Å²) in [5, 5.41) is 11.6. The molecule has 0 saturated carbocycles. The zero-order valence-corrected chi connectivity index (χ0v) is 18.9. The number of carbonyl (C=O) groups is 3. The third-order valence-electron chi connectivity index (χ3n) is 6.21. The summed E-state index contributed by atoms with van der Waals surface area (Å²) in [6.45, 7) is 1.28. The van der Waals surface area contributed by atoms with E-state index in [0.717, 1.165) is 22.3 Å². The van der Waals surface area contributed by atoms with E-state index in [1.165, 1.54) is 0 Å². The zero-order valence-electron chi connectivity index (χ0n) is 18.9. The normalized spacial score (nSPS) is 16.0. The summed E-state index contributed by atoms with van der Waals surface area (Å²) in [4.78, 5) is 39.8. The molecule has 4 rings (SSSR count). The highest BCUT2D eigenvalue weighted by atomic mass is 16.5. The Balaban J connectivity index is 1.37. The number of hydrogen-bond donors (Lipinski definition) is 2. The molecule has 2 aromatic carbocycles. The van der Waals surface area contributed by atoms with Gasteiger partial charge in [-0.3, -0.25) is 9.59 Å². The lowest BCUT2D eigenvalue weighted by Gasteiger charge is -2.40. The van der Waals surface area contributed by atoms with E-state index in [0.29, 0.717) is 19.6 Å². The van der Waals surface area contributed by atoms with Crippen LogP contribution in [0.5, 0.6) is 0 Å². The van der Waals surface area contributed by atoms with Crippen LogP contribution in [-0.2, 0) is 14.3 Å². The van der Waals surface area contributed by atoms with Crippen LogP contribution < -0.4 is 5.32 Å². The van der Waals surface area contributed by atoms with Crippen molar-refractivity contribution in [3.05, 3.63) is 59.7 Å². The van der Waals surface area contributed by atoms with Gasteiger partial charge in [0, 0.05) is 31.5 Å². The molecule has 1 unspecified atom stereocenters. The van der Waals surface area contributed by atoms with Crippen molar-refractivity contribution in [1.82, 2.24) is 15.1 Å². The number of benzene rings is 2. The van der Waals surface area contributed by atoms with E-state index in [9.17, 15) is 14.4 Å². The Kier molecular flexibility index (Phi) is 6.65. The Morgan fingerprint density at radius 2 is 1.64 bits per heavy atom. The van der Waals surface area contributed by atoms with Crippen LogP contribution in [0.2, 0.25) is 0 Å². The number of alkyl carbamates (subject to hydrolysis) is 1. The molecule has 1 atom stereocenters. The fourth-order valence-electron chi connectivity index (χ4n) is 4.68. The molecule has 2 N–H and O–H groups in total. The van der Waals surface area contributed by atoms with Crippen molar-refractivity contribution in [2.24, 2.45) is 5.92 Å². The van der Waals surface area contributed by atoms with Gasteiger partial charge < -0.3 is 25.0 Å². The third kappa shape index (κ3) is 5.01. The van der Waals surface area contributed by atoms with E-state index in [2.05, 4.69) is 29.6 Å². The van der Waals surface area contributed by atoms with Crippen molar-refractivity contribution in [3.8, 4) is 11.1 Å². The lowest BCUT2D eigenvalue weighted by Crippen LogP contribution is -2.59. The number of ether oxygens (including phenoxy) is 1. The molecule has 0 bridgehead atoms. The number of likely N-dealkylation sites (tertiary alicyclic amines) is 1. The van der Waals surface area contributed by atoms with E-state index in [4.69, 9.17) is 9.84 Å². The summed E-state index contributed by atoms with van der Waals surface area (Å²) in [5.41, 5.74) is 4.54. The van der Waals surface area contributed by atoms with Crippen LogP contribution in [0.3, 0.4) is 0 Å². The predicted molar refractivity (Wildman–Crippen MR) is 123 cm³/mol. The minimum atomic E-state index is -0.867. The molecule has 0 radical (unpaired) electrons. The lowest BCUT2D eigenvalue weighted by atomic mass is 9.95. The summed E-state index contributed by atoms with van der Waals surface area (Å²) >= 11 is 0. The number of likely N-dealkylation sites (N-methyl/N-ethyl adjacent to an activating group) is 1. The molecule has 174 valence electrons. The molecule has 2 aliphatic rings. The highest BCUT2D eigenvalue weighted by molar-refractivity contribution is 5.87. The van der Waals surface area contributed by atoms with Gasteiger partial charge in [-0.15, -0.1) is 0 Å². The molecule has 2 aromatic rings. The number of fused-ring (bicyclic) bond motifs is 3. The van der Waals surface area contributed by atoms with Crippen LogP contribution in [0.25, 0.3) is 11.1 Å². The van der Waals surface area contributed by atoms with Gasteiger partial charge in [0.25, 0.3) is 0 Å². The van der Waals surface area contributed by atoms with Gasteiger partial charge in [0.15, 0.2) is 0 Å². The number of amides is 2. The SMILES string of the molecule is CN(C)CC(NC(=O)OCC1c2ccccc2-c2ccccc21)C(=O)N1CC(CC(=O)O)C1. The largest absolute Gasteiger partial charge is 0.481 e. The van der Waals surface area contributed by atoms with Gasteiger partial charge in [0.1, 0.15) is 12.6 Å². The number of hydrogen-bond acceptors (Lipinski definition) is 5. The van der Waals surface area contributed by atoms with Crippen molar-refractivity contribution in [2.75, 3.05) is 40.3 Å². The smallest absolute Gasteiger partial charge is 0.407 e. The van der Waals surface area contributed by atoms with Crippen LogP contribution in [-0.4, -0.2) is 79.3 Å². The monoisotopic (exact) mass is 451 g/mol. The Hall–Kier alpha value is -3.39. The first-order valence-electron chi connectivity index (χ1n) is 11.1. The summed E-state index contributed by atoms with van der Waals surface area (Å²) in [6.07, 6.45) is -0.596. The molecule has 33 heavy (non-hydrogen) atoms. The second-order valence-electron chi connectivity index (χ2n) is 8.99. The molecule has 1 fully saturated rings. The molecule has 2 amide bonds. The van der Waals surface area contributed by atoms with E-state index in [1.807, 2.05) is 43.3 Å². The first-order valence-corrected chi connectivity index (χ1v) is 11.1. The number of nitrogens with zero attached hydrogens (tertiary/aromatic N) is 2. The number of aliphatic carboxylic acids is 1. The lowest BCUT2D eigenvalue weighted by molar-refractivity contribution is -0.146. The maximum Gasteiger partial charge on any atom is 0.407 e. The standard InChI is InChI=1S/C25H29N3O5/c1-27(2)14-22(24(31)28-12-16(13-28)11-23(29)30)26-25(32)33-15-21-19-9-5-3-7-17(19)18-8-4-6-10-20(18)21/h3-10,16,21-22H,11-15H2,1-2H3,(H,26,32)(H,29,30). The van der Waals surface area contributed by atoms with Crippen molar-refractivity contribution in [1.29, 1.82) is 0 Å². The van der Waals surface area contributed by atoms with Crippen LogP contribution in [0.15, 0.2) is 48.5 Å². The molecular formula is C25H29N3O5. The molecule has 1 aliphatic carbocycles. The van der Waals surface area contributed by atoms with Crippen molar-refractivity contribution in [2.45, 2.75) is 18.4 Å². The molecule has 0 spiro atoms. The van der Waals surface area contributed by atoms with Gasteiger partial charge >= 0.3 is 12.1 Å². The van der Waals surface area contributed by atoms with Crippen molar-refractivity contribution >= 4 is 18.0 Å². The summed E-state index contributed by atoms with van der Waals surface area (Å²) in [5.74, 6) is -1.19. The fraction of sp³-hybridized carbons (Fsp3) is 0.400. The average Bonchev–Trinajstić information content (AvgIpc) is 3.07. The number of carbonyl (C=O) groups excluding carboxylic acids is 2. The number of carboxylic acids is 1. The zero-order chi connectivity index (χ0) is 23.5. The third-order valence-corrected chi connectivity index (χ3v) is 6.21. The van der Waals surface area contributed by atoms with Gasteiger partial charge in [0.05, 0.1) is 6.42 Å². The molecule has 1 heterocycles. The Bertz CT molecular complexity index is 1000. The maximum absolute atomic E-state index is 12.9. The predicted octanol–water partition coefficient (Wildman–Crippen LogP) is 2.39. The molecule has 0 aromatic heterocycles. The number of carboxylic acid groups (broad SMARTS) is 1. The first kappa shape index (κ1) is 22.8. The van der Waals surface area contributed by atoms with E-state index in [1.54, 1.807) is 4.90 Å². The molecule has 8 heteroatoms. The van der Waals surface area contributed by atoms with Gasteiger partial charge in [-0.1, -0.05) is 48.5 Å². The van der Waals surface area contributed by atoms with Crippen molar-refractivity contribution < 1.29 is 24.2 Å². The van der Waals surface area contributed by atoms with E-state index in [-0.39, 0.29) is 30.8 Å². The van der Waals surface area contributed by atoms with Crippen LogP contribution in [0.1, 0.15) is 23.5 Å². The maximum atomic E-state index is 12.9. The highest BCUT2D eigenvalue weighted by Crippen LogP contribution is 2.44. The van der Waals surface area contributed by atoms with Gasteiger partial charge in [-0.25, -0.2) is 4.79 Å². The second kappa shape index (κ2) is 9.62. The quantitative estimate of drug-likeness (QED) is 0.640. The highest BCUT2D eigenvalue weighted by Gasteiger charge is 2.36. The minimum Gasteiger partial charge on any atom is -0.481 e. The van der Waals surface area contributed by atoms with Gasteiger partial charge in [-0.2, -0.15) is 0 Å². The van der Waals surface area contributed by atoms with Gasteiger partial charge in [0.2, 0.25) is 5.91 Å². The summed E-state index contributed by atoms with van der Waals surface area (Å²) in [7, 11) is 3.64. The Labute approximate surface area is 193 Å². The molecular weight excluding hydrogens is 422 g/mol. The molecule has 8 nitrogen and oxygen atoms in total. The van der Waals surface area contributed by atoms with E-state index >= 15 is 0 Å². The minimum absolute atomic E-state index is 0.0408. The topological polar surface area (TPSA) is 99.2 Å². The van der Waals surface area contributed by atoms with Crippen LogP contribution in [0, 0.1) is 5.92 Å².